The molecule has 0 aliphatic heterocycles. The number of ether oxygens (including phenoxy) is 3. The molecule has 9 heteroatoms. The van der Waals surface area contributed by atoms with E-state index in [1.165, 1.54) is 21.0 Å². The molecule has 214 valence electrons. The highest BCUT2D eigenvalue weighted by Crippen LogP contribution is 2.69. The zero-order chi connectivity index (χ0) is 28.2. The molecule has 0 aromatic heterocycles. The molecule has 0 spiro atoms. The van der Waals surface area contributed by atoms with Crippen LogP contribution < -0.4 is 0 Å². The average molecular weight is 662 g/mol. The van der Waals surface area contributed by atoms with Crippen LogP contribution >= 0.6 is 31.9 Å². The average Bonchev–Trinajstić information content (AvgIpc) is 3.20. The SMILES string of the molecule is COC(=O)CC[C@@H](C)[C@H]1CC[C@H]2C3C(C[C@H](OC(C)=O)[C@]12C)[C@@]1(C)C[C@H](Br)C(=O)[C@H](Br)[C@H]1C[C@H]3OC(C)=O. The van der Waals surface area contributed by atoms with E-state index in [9.17, 15) is 19.2 Å². The first-order valence-electron chi connectivity index (χ1n) is 14.0. The van der Waals surface area contributed by atoms with Gasteiger partial charge in [-0.1, -0.05) is 52.6 Å². The van der Waals surface area contributed by atoms with Crippen LogP contribution in [0.3, 0.4) is 0 Å². The summed E-state index contributed by atoms with van der Waals surface area (Å²) in [5.41, 5.74) is -0.498. The monoisotopic (exact) mass is 660 g/mol. The van der Waals surface area contributed by atoms with Crippen molar-refractivity contribution in [2.24, 2.45) is 46.3 Å². The third-order valence-electron chi connectivity index (χ3n) is 11.0. The van der Waals surface area contributed by atoms with Gasteiger partial charge < -0.3 is 14.2 Å². The maximum absolute atomic E-state index is 13.0. The van der Waals surface area contributed by atoms with Crippen LogP contribution in [0.25, 0.3) is 0 Å². The zero-order valence-corrected chi connectivity index (χ0v) is 26.5. The molecule has 38 heavy (non-hydrogen) atoms. The van der Waals surface area contributed by atoms with Crippen molar-refractivity contribution in [1.82, 2.24) is 0 Å². The summed E-state index contributed by atoms with van der Waals surface area (Å²) >= 11 is 7.38. The summed E-state index contributed by atoms with van der Waals surface area (Å²) in [7, 11) is 1.41. The van der Waals surface area contributed by atoms with Crippen molar-refractivity contribution >= 4 is 55.6 Å². The number of halogens is 2. The Morgan fingerprint density at radius 3 is 2.26 bits per heavy atom. The number of hydrogen-bond donors (Lipinski definition) is 0. The fourth-order valence-electron chi connectivity index (χ4n) is 9.32. The van der Waals surface area contributed by atoms with Crippen LogP contribution in [0.4, 0.5) is 0 Å². The van der Waals surface area contributed by atoms with E-state index in [0.29, 0.717) is 32.1 Å². The van der Waals surface area contributed by atoms with Gasteiger partial charge in [0.05, 0.1) is 16.8 Å². The molecule has 0 amide bonds. The summed E-state index contributed by atoms with van der Waals surface area (Å²) < 4.78 is 17.1. The number of hydrogen-bond acceptors (Lipinski definition) is 7. The predicted molar refractivity (Wildman–Crippen MR) is 149 cm³/mol. The molecule has 4 saturated carbocycles. The van der Waals surface area contributed by atoms with Gasteiger partial charge in [0, 0.05) is 31.6 Å². The minimum Gasteiger partial charge on any atom is -0.469 e. The van der Waals surface area contributed by atoms with E-state index >= 15 is 0 Å². The molecule has 0 heterocycles. The van der Waals surface area contributed by atoms with E-state index in [1.807, 2.05) is 0 Å². The normalized spacial score (nSPS) is 44.7. The number of carbonyl (C=O) groups is 4. The van der Waals surface area contributed by atoms with Crippen LogP contribution in [0.1, 0.15) is 79.6 Å². The number of ketones is 1. The standard InChI is InChI=1S/C29H42Br2O7/c1-14(7-10-24(34)36-6)17-8-9-18-25-19(12-23(29(17,18)5)38-16(3)33)28(4)13-21(30)27(35)26(31)20(28)11-22(25)37-15(2)32/h14,17-23,25-26H,7-13H2,1-6H3/t14-,17-,18+,19?,20-,21+,22-,23+,25?,26-,28-,29-/m1/s1. The second-order valence-corrected chi connectivity index (χ2v) is 14.8. The van der Waals surface area contributed by atoms with Gasteiger partial charge in [-0.25, -0.2) is 0 Å². The lowest BCUT2D eigenvalue weighted by atomic mass is 9.43. The lowest BCUT2D eigenvalue weighted by Gasteiger charge is -2.64. The molecule has 12 atom stereocenters. The highest BCUT2D eigenvalue weighted by molar-refractivity contribution is 9.10. The van der Waals surface area contributed by atoms with Gasteiger partial charge in [0.2, 0.25) is 0 Å². The number of fused-ring (bicyclic) bond motifs is 5. The molecule has 0 aromatic rings. The van der Waals surface area contributed by atoms with Gasteiger partial charge in [-0.3, -0.25) is 19.2 Å². The van der Waals surface area contributed by atoms with Gasteiger partial charge in [-0.05, 0) is 73.5 Å². The van der Waals surface area contributed by atoms with E-state index in [4.69, 9.17) is 14.2 Å². The van der Waals surface area contributed by atoms with Gasteiger partial charge in [-0.15, -0.1) is 0 Å². The summed E-state index contributed by atoms with van der Waals surface area (Å²) in [6.45, 7) is 9.68. The molecule has 0 radical (unpaired) electrons. The summed E-state index contributed by atoms with van der Waals surface area (Å²) in [4.78, 5) is 49.1. The minimum absolute atomic E-state index is 0.0212. The molecule has 4 aliphatic rings. The van der Waals surface area contributed by atoms with Gasteiger partial charge >= 0.3 is 17.9 Å². The second kappa shape index (κ2) is 11.1. The molecule has 4 fully saturated rings. The van der Waals surface area contributed by atoms with Gasteiger partial charge in [0.25, 0.3) is 0 Å². The largest absolute Gasteiger partial charge is 0.469 e. The van der Waals surface area contributed by atoms with Crippen molar-refractivity contribution < 1.29 is 33.4 Å². The fraction of sp³-hybridized carbons (Fsp3) is 0.862. The van der Waals surface area contributed by atoms with Crippen molar-refractivity contribution in [2.75, 3.05) is 7.11 Å². The second-order valence-electron chi connectivity index (χ2n) is 12.7. The molecular formula is C29H42Br2O7. The van der Waals surface area contributed by atoms with Crippen molar-refractivity contribution in [2.45, 2.75) is 101 Å². The van der Waals surface area contributed by atoms with Gasteiger partial charge in [-0.2, -0.15) is 0 Å². The van der Waals surface area contributed by atoms with E-state index in [2.05, 4.69) is 52.6 Å². The summed E-state index contributed by atoms with van der Waals surface area (Å²) in [6.07, 6.45) is 4.46. The van der Waals surface area contributed by atoms with Crippen molar-refractivity contribution in [1.29, 1.82) is 0 Å². The Balaban J connectivity index is 1.76. The van der Waals surface area contributed by atoms with Crippen LogP contribution in [0, 0.1) is 46.3 Å². The molecule has 2 unspecified atom stereocenters. The maximum atomic E-state index is 13.0. The Hall–Kier alpha value is -0.960. The van der Waals surface area contributed by atoms with Crippen LogP contribution in [-0.2, 0) is 33.4 Å². The topological polar surface area (TPSA) is 96.0 Å². The first-order chi connectivity index (χ1) is 17.7. The van der Waals surface area contributed by atoms with Crippen LogP contribution in [0.2, 0.25) is 0 Å². The lowest BCUT2D eigenvalue weighted by molar-refractivity contribution is -0.218. The smallest absolute Gasteiger partial charge is 0.305 e. The number of alkyl halides is 2. The summed E-state index contributed by atoms with van der Waals surface area (Å²) in [5.74, 6) is 0.304. The Morgan fingerprint density at radius 1 is 1.00 bits per heavy atom. The first-order valence-corrected chi connectivity index (χ1v) is 15.8. The maximum Gasteiger partial charge on any atom is 0.305 e. The zero-order valence-electron chi connectivity index (χ0n) is 23.3. The minimum atomic E-state index is -0.320. The Kier molecular flexibility index (Phi) is 8.79. The number of Topliss-reactive ketones (excluding diaryl/α,β-unsaturated/α-hetero) is 1. The van der Waals surface area contributed by atoms with Crippen LogP contribution in [0.15, 0.2) is 0 Å². The molecular weight excluding hydrogens is 620 g/mol. The van der Waals surface area contributed by atoms with Crippen molar-refractivity contribution in [3.8, 4) is 0 Å². The Bertz CT molecular complexity index is 971. The number of esters is 3. The van der Waals surface area contributed by atoms with Crippen molar-refractivity contribution in [3.63, 3.8) is 0 Å². The summed E-state index contributed by atoms with van der Waals surface area (Å²) in [6, 6.07) is 0. The van der Waals surface area contributed by atoms with E-state index in [1.54, 1.807) is 0 Å². The van der Waals surface area contributed by atoms with Gasteiger partial charge in [0.1, 0.15) is 12.2 Å². The number of rotatable bonds is 6. The van der Waals surface area contributed by atoms with Crippen LogP contribution in [-0.4, -0.2) is 52.7 Å². The van der Waals surface area contributed by atoms with Gasteiger partial charge in [0.15, 0.2) is 5.78 Å². The van der Waals surface area contributed by atoms with E-state index < -0.39 is 0 Å². The Morgan fingerprint density at radius 2 is 1.66 bits per heavy atom. The fourth-order valence-corrected chi connectivity index (χ4v) is 11.8. The number of methoxy groups -OCH3 is 1. The molecule has 0 saturated heterocycles. The molecule has 4 aliphatic carbocycles. The first kappa shape index (κ1) is 30.0. The highest BCUT2D eigenvalue weighted by atomic mass is 79.9. The van der Waals surface area contributed by atoms with Crippen LogP contribution in [0.5, 0.6) is 0 Å². The quantitative estimate of drug-likeness (QED) is 0.207. The van der Waals surface area contributed by atoms with Crippen molar-refractivity contribution in [3.05, 3.63) is 0 Å². The Labute approximate surface area is 243 Å². The third-order valence-corrected chi connectivity index (χ3v) is 12.8. The molecule has 0 N–H and O–H groups in total. The molecule has 4 rings (SSSR count). The predicted octanol–water partition coefficient (Wildman–Crippen LogP) is 5.63. The van der Waals surface area contributed by atoms with E-state index in [-0.39, 0.29) is 91.9 Å². The lowest BCUT2D eigenvalue weighted by Crippen LogP contribution is -2.65. The highest BCUT2D eigenvalue weighted by Gasteiger charge is 2.69. The van der Waals surface area contributed by atoms with E-state index in [0.717, 1.165) is 12.8 Å². The number of carbonyl (C=O) groups excluding carboxylic acids is 4. The third kappa shape index (κ3) is 5.01. The summed E-state index contributed by atoms with van der Waals surface area (Å²) in [5, 5.41) is 0. The molecule has 0 aromatic carbocycles. The molecule has 7 nitrogen and oxygen atoms in total. The molecule has 0 bridgehead atoms.